The van der Waals surface area contributed by atoms with E-state index >= 15 is 0 Å². The fraction of sp³-hybridized carbons (Fsp3) is 0.500. The minimum atomic E-state index is -1.62. The van der Waals surface area contributed by atoms with Crippen molar-refractivity contribution in [2.75, 3.05) is 66.1 Å². The van der Waals surface area contributed by atoms with Gasteiger partial charge in [0, 0.05) is 24.3 Å². The van der Waals surface area contributed by atoms with Crippen molar-refractivity contribution in [2.45, 2.75) is 19.6 Å². The molecule has 0 aliphatic rings. The van der Waals surface area contributed by atoms with Crippen molar-refractivity contribution in [3.8, 4) is 0 Å². The molecular weight excluding hydrogens is 424 g/mol. The van der Waals surface area contributed by atoms with Crippen LogP contribution in [0.15, 0.2) is 60.7 Å². The topological polar surface area (TPSA) is 72.5 Å². The number of Topliss-reactive ketones (excluding diaryl/α,β-unsaturated/α-hetero) is 1. The Labute approximate surface area is 196 Å². The van der Waals surface area contributed by atoms with E-state index < -0.39 is 5.79 Å². The van der Waals surface area contributed by atoms with Crippen LogP contribution in [0.25, 0.3) is 0 Å². The summed E-state index contributed by atoms with van der Waals surface area (Å²) in [5.41, 5.74) is 1.11. The maximum absolute atomic E-state index is 13.7. The quantitative estimate of drug-likeness (QED) is 0.179. The molecule has 0 N–H and O–H groups in total. The molecule has 0 saturated heterocycles. The molecule has 0 heterocycles. The van der Waals surface area contributed by atoms with Gasteiger partial charge in [-0.05, 0) is 13.8 Å². The summed E-state index contributed by atoms with van der Waals surface area (Å²) in [6, 6.07) is 18.2. The monoisotopic (exact) mass is 460 g/mol. The number of carbonyl (C=O) groups is 1. The largest absolute Gasteiger partial charge is 0.379 e. The van der Waals surface area contributed by atoms with Crippen molar-refractivity contribution in [1.82, 2.24) is 0 Å². The molecule has 2 rings (SSSR count). The normalized spacial score (nSPS) is 11.6. The lowest BCUT2D eigenvalue weighted by Crippen LogP contribution is -2.43. The molecule has 0 unspecified atom stereocenters. The van der Waals surface area contributed by atoms with Gasteiger partial charge >= 0.3 is 0 Å². The van der Waals surface area contributed by atoms with E-state index in [0.717, 1.165) is 0 Å². The Hall–Kier alpha value is -2.13. The minimum absolute atomic E-state index is 0.171. The third-order valence-electron chi connectivity index (χ3n) is 4.71. The number of ether oxygens (including phenoxy) is 6. The molecule has 0 bridgehead atoms. The first-order valence-corrected chi connectivity index (χ1v) is 11.5. The molecule has 182 valence electrons. The Morgan fingerprint density at radius 1 is 0.606 bits per heavy atom. The highest BCUT2D eigenvalue weighted by Gasteiger charge is 2.43. The van der Waals surface area contributed by atoms with E-state index in [4.69, 9.17) is 28.4 Å². The minimum Gasteiger partial charge on any atom is -0.379 e. The van der Waals surface area contributed by atoms with Gasteiger partial charge in [-0.1, -0.05) is 60.7 Å². The molecule has 2 aromatic carbocycles. The van der Waals surface area contributed by atoms with Crippen LogP contribution in [-0.2, 0) is 34.2 Å². The molecule has 0 aliphatic heterocycles. The van der Waals surface area contributed by atoms with Crippen LogP contribution in [0.5, 0.6) is 0 Å². The van der Waals surface area contributed by atoms with Crippen LogP contribution in [-0.4, -0.2) is 71.9 Å². The van der Waals surface area contributed by atoms with Gasteiger partial charge in [0.05, 0.1) is 52.9 Å². The van der Waals surface area contributed by atoms with Crippen LogP contribution < -0.4 is 0 Å². The average Bonchev–Trinajstić information content (AvgIpc) is 2.87. The van der Waals surface area contributed by atoms with Crippen molar-refractivity contribution in [3.05, 3.63) is 71.8 Å². The van der Waals surface area contributed by atoms with Gasteiger partial charge in [-0.15, -0.1) is 0 Å². The highest BCUT2D eigenvalue weighted by Crippen LogP contribution is 2.32. The van der Waals surface area contributed by atoms with Crippen molar-refractivity contribution in [3.63, 3.8) is 0 Å². The Morgan fingerprint density at radius 2 is 1.03 bits per heavy atom. The second kappa shape index (κ2) is 16.5. The van der Waals surface area contributed by atoms with Gasteiger partial charge in [-0.2, -0.15) is 0 Å². The Bertz CT molecular complexity index is 734. The number of rotatable bonds is 19. The molecule has 0 saturated carbocycles. The lowest BCUT2D eigenvalue weighted by molar-refractivity contribution is -0.220. The molecule has 0 aromatic heterocycles. The third kappa shape index (κ3) is 9.33. The number of ketones is 1. The lowest BCUT2D eigenvalue weighted by Gasteiger charge is -2.33. The first-order chi connectivity index (χ1) is 16.2. The number of benzene rings is 2. The predicted octanol–water partition coefficient (Wildman–Crippen LogP) is 3.86. The van der Waals surface area contributed by atoms with Crippen LogP contribution in [0.2, 0.25) is 0 Å². The maximum Gasteiger partial charge on any atom is 0.261 e. The molecule has 2 aromatic rings. The number of hydrogen-bond acceptors (Lipinski definition) is 7. The Balaban J connectivity index is 2.13. The van der Waals surface area contributed by atoms with Crippen LogP contribution in [0, 0.1) is 0 Å². The summed E-state index contributed by atoms with van der Waals surface area (Å²) in [5.74, 6) is -1.90. The lowest BCUT2D eigenvalue weighted by atomic mass is 9.95. The highest BCUT2D eigenvalue weighted by molar-refractivity contribution is 6.02. The van der Waals surface area contributed by atoms with E-state index in [-0.39, 0.29) is 19.0 Å². The van der Waals surface area contributed by atoms with E-state index in [9.17, 15) is 4.79 Å². The molecule has 7 heteroatoms. The van der Waals surface area contributed by atoms with E-state index in [0.29, 0.717) is 64.0 Å². The summed E-state index contributed by atoms with van der Waals surface area (Å²) in [6.07, 6.45) is 0. The molecule has 0 fully saturated rings. The predicted molar refractivity (Wildman–Crippen MR) is 125 cm³/mol. The standard InChI is InChI=1S/C26H36O7/c1-3-28-15-17-30-19-21-32-26(24-13-9-6-10-14-24,25(27)23-11-7-5-8-12-23)33-22-20-31-18-16-29-4-2/h5-14H,3-4,15-22H2,1-2H3. The van der Waals surface area contributed by atoms with Gasteiger partial charge in [0.25, 0.3) is 5.79 Å². The molecule has 0 spiro atoms. The summed E-state index contributed by atoms with van der Waals surface area (Å²) in [4.78, 5) is 13.7. The first kappa shape index (κ1) is 27.1. The molecule has 0 atom stereocenters. The second-order valence-electron chi connectivity index (χ2n) is 6.99. The molecule has 0 amide bonds. The fourth-order valence-corrected chi connectivity index (χ4v) is 3.12. The van der Waals surface area contributed by atoms with Gasteiger partial charge < -0.3 is 28.4 Å². The van der Waals surface area contributed by atoms with Crippen LogP contribution in [0.1, 0.15) is 29.8 Å². The molecule has 0 aliphatic carbocycles. The zero-order valence-corrected chi connectivity index (χ0v) is 19.7. The van der Waals surface area contributed by atoms with Crippen molar-refractivity contribution in [2.24, 2.45) is 0 Å². The van der Waals surface area contributed by atoms with Crippen molar-refractivity contribution >= 4 is 5.78 Å². The van der Waals surface area contributed by atoms with Gasteiger partial charge in [0.1, 0.15) is 0 Å². The van der Waals surface area contributed by atoms with Gasteiger partial charge in [-0.3, -0.25) is 4.79 Å². The second-order valence-corrected chi connectivity index (χ2v) is 6.99. The smallest absolute Gasteiger partial charge is 0.261 e. The zero-order chi connectivity index (χ0) is 23.6. The van der Waals surface area contributed by atoms with Crippen molar-refractivity contribution in [1.29, 1.82) is 0 Å². The van der Waals surface area contributed by atoms with E-state index in [1.807, 2.05) is 62.4 Å². The van der Waals surface area contributed by atoms with Crippen LogP contribution in [0.3, 0.4) is 0 Å². The summed E-state index contributed by atoms with van der Waals surface area (Å²) in [6.45, 7) is 8.04. The maximum atomic E-state index is 13.7. The summed E-state index contributed by atoms with van der Waals surface area (Å²) < 4.78 is 34.0. The van der Waals surface area contributed by atoms with E-state index in [2.05, 4.69) is 0 Å². The molecule has 0 radical (unpaired) electrons. The summed E-state index contributed by atoms with van der Waals surface area (Å²) >= 11 is 0. The Morgan fingerprint density at radius 3 is 1.52 bits per heavy atom. The average molecular weight is 461 g/mol. The van der Waals surface area contributed by atoms with E-state index in [1.54, 1.807) is 12.1 Å². The Kier molecular flexibility index (Phi) is 13.5. The highest BCUT2D eigenvalue weighted by atomic mass is 16.7. The summed E-state index contributed by atoms with van der Waals surface area (Å²) in [5, 5.41) is 0. The van der Waals surface area contributed by atoms with Gasteiger partial charge in [0.2, 0.25) is 5.78 Å². The van der Waals surface area contributed by atoms with Crippen LogP contribution in [0.4, 0.5) is 0 Å². The third-order valence-corrected chi connectivity index (χ3v) is 4.71. The number of carbonyl (C=O) groups excluding carboxylic acids is 1. The molecule has 7 nitrogen and oxygen atoms in total. The van der Waals surface area contributed by atoms with Crippen LogP contribution >= 0.6 is 0 Å². The first-order valence-electron chi connectivity index (χ1n) is 11.5. The SMILES string of the molecule is CCOCCOCCOC(OCCOCCOCC)(C(=O)c1ccccc1)c1ccccc1. The fourth-order valence-electron chi connectivity index (χ4n) is 3.12. The van der Waals surface area contributed by atoms with Gasteiger partial charge in [-0.25, -0.2) is 0 Å². The zero-order valence-electron chi connectivity index (χ0n) is 19.7. The van der Waals surface area contributed by atoms with E-state index in [1.165, 1.54) is 0 Å². The molecular formula is C26H36O7. The summed E-state index contributed by atoms with van der Waals surface area (Å²) in [7, 11) is 0. The van der Waals surface area contributed by atoms with Gasteiger partial charge in [0.15, 0.2) is 0 Å². The van der Waals surface area contributed by atoms with Crippen molar-refractivity contribution < 1.29 is 33.2 Å². The number of hydrogen-bond donors (Lipinski definition) is 0. The molecule has 33 heavy (non-hydrogen) atoms.